The molecule has 1 aromatic heterocycles. The number of hydrogen-bond acceptors (Lipinski definition) is 11. The van der Waals surface area contributed by atoms with E-state index in [-0.39, 0.29) is 79.8 Å². The summed E-state index contributed by atoms with van der Waals surface area (Å²) in [5, 5.41) is 0.00776. The van der Waals surface area contributed by atoms with Crippen molar-refractivity contribution in [3.8, 4) is 5.75 Å². The van der Waals surface area contributed by atoms with Crippen LogP contribution in [0.3, 0.4) is 0 Å². The molecule has 2 N–H and O–H groups in total. The standard InChI is InChI=1S/C38H38F2N3O12P/c1-23(44)51-21-27-18-43(37(47)54-27)26-9-10-34(31(40)15-26)53-22-38(55-56(48,49)50)11-13-41(14-12-38)33-17-32-28(16-30(33)39)35(45)29(19-42(32)25-7-8-25)36(46)52-20-24-5-3-2-4-6-24/h2-6,9-10,15-17,19,25,27H,7-8,11-14,18,20-22H2,1H3,(H2,48,49,50). The van der Waals surface area contributed by atoms with E-state index in [0.29, 0.717) is 5.52 Å². The first-order valence-corrected chi connectivity index (χ1v) is 19.4. The number of benzene rings is 3. The average molecular weight is 798 g/mol. The highest BCUT2D eigenvalue weighted by molar-refractivity contribution is 7.46. The Hall–Kier alpha value is -5.35. The van der Waals surface area contributed by atoms with Crippen LogP contribution in [-0.4, -0.2) is 76.9 Å². The number of carbonyl (C=O) groups is 3. The fraction of sp³-hybridized carbons (Fsp3) is 0.368. The number of phosphoric ester groups is 1. The molecule has 1 unspecified atom stereocenters. The van der Waals surface area contributed by atoms with Crippen molar-refractivity contribution in [2.24, 2.45) is 0 Å². The molecule has 0 spiro atoms. The number of piperidine rings is 1. The summed E-state index contributed by atoms with van der Waals surface area (Å²) in [5.41, 5.74) is -1.06. The number of halogens is 2. The molecule has 296 valence electrons. The molecule has 18 heteroatoms. The largest absolute Gasteiger partial charge is 0.487 e. The summed E-state index contributed by atoms with van der Waals surface area (Å²) in [6.45, 7) is 0.607. The molecule has 1 aliphatic carbocycles. The fourth-order valence-electron chi connectivity index (χ4n) is 6.88. The summed E-state index contributed by atoms with van der Waals surface area (Å²) in [5.74, 6) is -3.27. The summed E-state index contributed by atoms with van der Waals surface area (Å²) < 4.78 is 71.5. The lowest BCUT2D eigenvalue weighted by molar-refractivity contribution is -0.143. The van der Waals surface area contributed by atoms with E-state index < -0.39 is 61.2 Å². The van der Waals surface area contributed by atoms with Gasteiger partial charge in [-0.15, -0.1) is 0 Å². The van der Waals surface area contributed by atoms with Crippen molar-refractivity contribution in [3.63, 3.8) is 0 Å². The third kappa shape index (κ3) is 8.70. The Morgan fingerprint density at radius 3 is 2.38 bits per heavy atom. The number of nitrogens with zero attached hydrogens (tertiary/aromatic N) is 3. The Kier molecular flexibility index (Phi) is 10.9. The van der Waals surface area contributed by atoms with Crippen LogP contribution in [0.4, 0.5) is 25.0 Å². The van der Waals surface area contributed by atoms with E-state index in [1.165, 1.54) is 31.3 Å². The summed E-state index contributed by atoms with van der Waals surface area (Å²) in [6, 6.07) is 15.3. The second-order valence-corrected chi connectivity index (χ2v) is 15.1. The molecule has 3 heterocycles. The number of esters is 2. The van der Waals surface area contributed by atoms with Crippen molar-refractivity contribution >= 4 is 48.1 Å². The first kappa shape index (κ1) is 38.9. The van der Waals surface area contributed by atoms with Gasteiger partial charge in [-0.25, -0.2) is 22.9 Å². The Morgan fingerprint density at radius 2 is 1.71 bits per heavy atom. The molecule has 15 nitrogen and oxygen atoms in total. The third-order valence-corrected chi connectivity index (χ3v) is 10.5. The Morgan fingerprint density at radius 1 is 0.982 bits per heavy atom. The molecular formula is C38H38F2N3O12P. The maximum atomic E-state index is 15.9. The van der Waals surface area contributed by atoms with Crippen LogP contribution in [0.1, 0.15) is 54.6 Å². The van der Waals surface area contributed by atoms with Crippen molar-refractivity contribution in [2.45, 2.75) is 57.0 Å². The van der Waals surface area contributed by atoms with Crippen LogP contribution in [0.2, 0.25) is 0 Å². The van der Waals surface area contributed by atoms with Crippen LogP contribution >= 0.6 is 7.82 Å². The van der Waals surface area contributed by atoms with E-state index in [2.05, 4.69) is 0 Å². The Labute approximate surface area is 318 Å². The zero-order valence-corrected chi connectivity index (χ0v) is 31.0. The van der Waals surface area contributed by atoms with Crippen molar-refractivity contribution in [3.05, 3.63) is 99.8 Å². The van der Waals surface area contributed by atoms with Gasteiger partial charge in [0.2, 0.25) is 5.43 Å². The fourth-order valence-corrected chi connectivity index (χ4v) is 7.62. The van der Waals surface area contributed by atoms with Gasteiger partial charge < -0.3 is 38.2 Å². The summed E-state index contributed by atoms with van der Waals surface area (Å²) in [4.78, 5) is 72.5. The highest BCUT2D eigenvalue weighted by Crippen LogP contribution is 2.46. The van der Waals surface area contributed by atoms with Gasteiger partial charge in [0.05, 0.1) is 23.4 Å². The van der Waals surface area contributed by atoms with E-state index in [0.717, 1.165) is 35.4 Å². The summed E-state index contributed by atoms with van der Waals surface area (Å²) >= 11 is 0. The molecular weight excluding hydrogens is 759 g/mol. The van der Waals surface area contributed by atoms with Gasteiger partial charge in [0.25, 0.3) is 0 Å². The number of rotatable bonds is 13. The first-order valence-electron chi connectivity index (χ1n) is 17.8. The highest BCUT2D eigenvalue weighted by Gasteiger charge is 2.43. The maximum Gasteiger partial charge on any atom is 0.470 e. The van der Waals surface area contributed by atoms with Gasteiger partial charge in [-0.1, -0.05) is 30.3 Å². The van der Waals surface area contributed by atoms with E-state index in [1.807, 2.05) is 6.07 Å². The van der Waals surface area contributed by atoms with Gasteiger partial charge in [-0.05, 0) is 55.5 Å². The number of ether oxygens (including phenoxy) is 4. The van der Waals surface area contributed by atoms with Crippen LogP contribution < -0.4 is 20.0 Å². The number of amides is 1. The number of carbonyl (C=O) groups excluding carboxylic acids is 3. The number of cyclic esters (lactones) is 1. The lowest BCUT2D eigenvalue weighted by Gasteiger charge is -2.42. The lowest BCUT2D eigenvalue weighted by Crippen LogP contribution is -2.49. The average Bonchev–Trinajstić information content (AvgIpc) is 3.93. The molecule has 1 saturated carbocycles. The number of fused-ring (bicyclic) bond motifs is 1. The van der Waals surface area contributed by atoms with Gasteiger partial charge in [0.1, 0.15) is 36.8 Å². The smallest absolute Gasteiger partial charge is 0.470 e. The molecule has 7 rings (SSSR count). The molecule has 2 saturated heterocycles. The molecule has 3 aromatic carbocycles. The van der Waals surface area contributed by atoms with Gasteiger partial charge in [-0.3, -0.25) is 19.0 Å². The van der Waals surface area contributed by atoms with Crippen molar-refractivity contribution in [1.82, 2.24) is 4.57 Å². The zero-order chi connectivity index (χ0) is 39.8. The van der Waals surface area contributed by atoms with Crippen LogP contribution in [0, 0.1) is 11.6 Å². The first-order chi connectivity index (χ1) is 26.7. The monoisotopic (exact) mass is 797 g/mol. The van der Waals surface area contributed by atoms with E-state index in [4.69, 9.17) is 23.5 Å². The molecule has 0 bridgehead atoms. The molecule has 1 amide bonds. The van der Waals surface area contributed by atoms with Gasteiger partial charge in [0.15, 0.2) is 17.7 Å². The number of pyridine rings is 1. The number of anilines is 2. The van der Waals surface area contributed by atoms with Gasteiger partial charge >= 0.3 is 25.9 Å². The number of hydrogen-bond donors (Lipinski definition) is 2. The third-order valence-electron chi connectivity index (χ3n) is 9.87. The number of aromatic nitrogens is 1. The normalized spacial score (nSPS) is 18.2. The molecule has 2 aliphatic heterocycles. The van der Waals surface area contributed by atoms with Crippen molar-refractivity contribution < 1.29 is 61.0 Å². The molecule has 1 atom stereocenters. The topological polar surface area (TPSA) is 183 Å². The second-order valence-electron chi connectivity index (χ2n) is 14.0. The SMILES string of the molecule is CC(=O)OCC1CN(c2ccc(OCC3(OP(=O)(O)O)CCN(c4cc5c(cc4F)c(=O)c(C(=O)OCc4ccccc4)cn5C4CC4)CC3)c(F)c2)C(=O)O1. The van der Waals surface area contributed by atoms with E-state index in [1.54, 1.807) is 33.7 Å². The summed E-state index contributed by atoms with van der Waals surface area (Å²) in [7, 11) is -5.10. The Bertz CT molecular complexity index is 2270. The minimum Gasteiger partial charge on any atom is -0.487 e. The van der Waals surface area contributed by atoms with Gasteiger partial charge in [-0.2, -0.15) is 0 Å². The number of phosphoric acid groups is 1. The van der Waals surface area contributed by atoms with Crippen molar-refractivity contribution in [1.29, 1.82) is 0 Å². The second kappa shape index (κ2) is 15.7. The Balaban J connectivity index is 1.06. The predicted octanol–water partition coefficient (Wildman–Crippen LogP) is 5.39. The van der Waals surface area contributed by atoms with Crippen LogP contribution in [-0.2, 0) is 34.7 Å². The van der Waals surface area contributed by atoms with Gasteiger partial charge in [0, 0.05) is 43.7 Å². The van der Waals surface area contributed by atoms with Crippen LogP contribution in [0.25, 0.3) is 10.9 Å². The lowest BCUT2D eigenvalue weighted by atomic mass is 9.92. The van der Waals surface area contributed by atoms with Crippen LogP contribution in [0.5, 0.6) is 5.75 Å². The van der Waals surface area contributed by atoms with Crippen molar-refractivity contribution in [2.75, 3.05) is 42.6 Å². The minimum atomic E-state index is -5.10. The van der Waals surface area contributed by atoms with Crippen LogP contribution in [0.15, 0.2) is 71.7 Å². The minimum absolute atomic E-state index is 0.00277. The maximum absolute atomic E-state index is 15.9. The molecule has 56 heavy (non-hydrogen) atoms. The zero-order valence-electron chi connectivity index (χ0n) is 30.1. The molecule has 3 aliphatic rings. The van der Waals surface area contributed by atoms with E-state index in [9.17, 15) is 33.5 Å². The summed E-state index contributed by atoms with van der Waals surface area (Å²) in [6.07, 6.45) is 1.39. The predicted molar refractivity (Wildman–Crippen MR) is 195 cm³/mol. The quantitative estimate of drug-likeness (QED) is 0.0999. The molecule has 3 fully saturated rings. The highest BCUT2D eigenvalue weighted by atomic mass is 31.2. The molecule has 4 aromatic rings. The molecule has 0 radical (unpaired) electrons. The van der Waals surface area contributed by atoms with E-state index >= 15 is 8.78 Å².